The number of amides is 2. The molecule has 0 aromatic heterocycles. The first-order chi connectivity index (χ1) is 11.7. The van der Waals surface area contributed by atoms with Crippen molar-refractivity contribution < 1.29 is 14.3 Å². The summed E-state index contributed by atoms with van der Waals surface area (Å²) in [5, 5.41) is 5.95. The summed E-state index contributed by atoms with van der Waals surface area (Å²) in [5.41, 5.74) is 1.38. The van der Waals surface area contributed by atoms with Gasteiger partial charge in [-0.05, 0) is 49.9 Å². The van der Waals surface area contributed by atoms with E-state index < -0.39 is 0 Å². The Kier molecular flexibility index (Phi) is 5.82. The first kappa shape index (κ1) is 16.9. The van der Waals surface area contributed by atoms with Gasteiger partial charge in [0.2, 0.25) is 5.91 Å². The maximum Gasteiger partial charge on any atom is 0.253 e. The van der Waals surface area contributed by atoms with Crippen molar-refractivity contribution in [2.45, 2.75) is 31.8 Å². The number of benzene rings is 1. The Morgan fingerprint density at radius 3 is 2.54 bits per heavy atom. The molecule has 6 heteroatoms. The highest BCUT2D eigenvalue weighted by molar-refractivity contribution is 5.96. The third-order valence-corrected chi connectivity index (χ3v) is 4.49. The quantitative estimate of drug-likeness (QED) is 0.831. The molecular weight excluding hydrogens is 306 g/mol. The summed E-state index contributed by atoms with van der Waals surface area (Å²) in [6, 6.07) is 7.11. The number of carbonyl (C=O) groups excluding carboxylic acids is 2. The van der Waals surface area contributed by atoms with Crippen LogP contribution in [0, 0.1) is 0 Å². The number of hydrogen-bond acceptors (Lipinski definition) is 4. The van der Waals surface area contributed by atoms with Crippen LogP contribution in [0.1, 0.15) is 36.0 Å². The molecule has 24 heavy (non-hydrogen) atoms. The summed E-state index contributed by atoms with van der Waals surface area (Å²) in [6.45, 7) is 3.47. The Hall–Kier alpha value is -1.92. The average Bonchev–Trinajstić information content (AvgIpc) is 3.29. The second kappa shape index (κ2) is 8.26. The maximum absolute atomic E-state index is 12.3. The van der Waals surface area contributed by atoms with Crippen molar-refractivity contribution in [3.63, 3.8) is 0 Å². The summed E-state index contributed by atoms with van der Waals surface area (Å²) in [4.78, 5) is 26.1. The Morgan fingerprint density at radius 1 is 1.12 bits per heavy atom. The highest BCUT2D eigenvalue weighted by Gasteiger charge is 2.19. The fourth-order valence-corrected chi connectivity index (χ4v) is 3.16. The van der Waals surface area contributed by atoms with Gasteiger partial charge in [-0.3, -0.25) is 9.59 Å². The van der Waals surface area contributed by atoms with Gasteiger partial charge < -0.3 is 20.3 Å². The lowest BCUT2D eigenvalue weighted by Crippen LogP contribution is -2.33. The molecule has 0 saturated carbocycles. The highest BCUT2D eigenvalue weighted by Crippen LogP contribution is 2.15. The average molecular weight is 331 g/mol. The lowest BCUT2D eigenvalue weighted by atomic mass is 10.2. The number of ether oxygens (including phenoxy) is 1. The largest absolute Gasteiger partial charge is 0.377 e. The number of rotatable bonds is 6. The molecule has 0 aliphatic carbocycles. The lowest BCUT2D eigenvalue weighted by Gasteiger charge is -2.15. The van der Waals surface area contributed by atoms with E-state index in [-0.39, 0.29) is 24.5 Å². The molecule has 2 N–H and O–H groups in total. The molecular formula is C18H25N3O3. The third kappa shape index (κ3) is 4.55. The molecule has 2 saturated heterocycles. The molecule has 130 valence electrons. The van der Waals surface area contributed by atoms with Crippen LogP contribution in [0.25, 0.3) is 0 Å². The van der Waals surface area contributed by atoms with Crippen molar-refractivity contribution in [3.8, 4) is 0 Å². The number of likely N-dealkylation sites (tertiary alicyclic amines) is 1. The molecule has 0 bridgehead atoms. The van der Waals surface area contributed by atoms with Gasteiger partial charge in [0.1, 0.15) is 0 Å². The van der Waals surface area contributed by atoms with E-state index in [1.165, 1.54) is 0 Å². The first-order valence-electron chi connectivity index (χ1n) is 8.74. The summed E-state index contributed by atoms with van der Waals surface area (Å²) in [7, 11) is 0. The minimum atomic E-state index is -0.0911. The maximum atomic E-state index is 12.3. The Balaban J connectivity index is 1.43. The standard InChI is InChI=1S/C18H25N3O3/c22-17(13-19-12-16-4-3-11-24-16)20-15-7-5-14(6-8-15)18(23)21-9-1-2-10-21/h5-8,16,19H,1-4,9-13H2,(H,20,22). The molecule has 6 nitrogen and oxygen atoms in total. The van der Waals surface area contributed by atoms with Gasteiger partial charge in [0.05, 0.1) is 12.6 Å². The van der Waals surface area contributed by atoms with E-state index in [1.54, 1.807) is 24.3 Å². The van der Waals surface area contributed by atoms with Crippen LogP contribution in [0.15, 0.2) is 24.3 Å². The second-order valence-corrected chi connectivity index (χ2v) is 6.39. The van der Waals surface area contributed by atoms with E-state index in [1.807, 2.05) is 4.90 Å². The smallest absolute Gasteiger partial charge is 0.253 e. The lowest BCUT2D eigenvalue weighted by molar-refractivity contribution is -0.115. The first-order valence-corrected chi connectivity index (χ1v) is 8.74. The molecule has 2 amide bonds. The van der Waals surface area contributed by atoms with Crippen LogP contribution >= 0.6 is 0 Å². The fraction of sp³-hybridized carbons (Fsp3) is 0.556. The number of carbonyl (C=O) groups is 2. The van der Waals surface area contributed by atoms with Crippen molar-refractivity contribution in [2.24, 2.45) is 0 Å². The normalized spacial score (nSPS) is 20.3. The molecule has 2 fully saturated rings. The van der Waals surface area contributed by atoms with Crippen LogP contribution in [-0.4, -0.2) is 55.6 Å². The van der Waals surface area contributed by atoms with Crippen molar-refractivity contribution >= 4 is 17.5 Å². The molecule has 1 unspecified atom stereocenters. The summed E-state index contributed by atoms with van der Waals surface area (Å²) in [5.74, 6) is -0.0183. The van der Waals surface area contributed by atoms with Crippen molar-refractivity contribution in [3.05, 3.63) is 29.8 Å². The predicted molar refractivity (Wildman–Crippen MR) is 92.1 cm³/mol. The van der Waals surface area contributed by atoms with Gasteiger partial charge in [0.25, 0.3) is 5.91 Å². The van der Waals surface area contributed by atoms with Gasteiger partial charge in [0.15, 0.2) is 0 Å². The topological polar surface area (TPSA) is 70.7 Å². The Labute approximate surface area is 142 Å². The van der Waals surface area contributed by atoms with Crippen LogP contribution in [-0.2, 0) is 9.53 Å². The van der Waals surface area contributed by atoms with E-state index in [0.717, 1.165) is 45.4 Å². The molecule has 0 radical (unpaired) electrons. The van der Waals surface area contributed by atoms with Gasteiger partial charge in [-0.2, -0.15) is 0 Å². The SMILES string of the molecule is O=C(CNCC1CCCO1)Nc1ccc(C(=O)N2CCCC2)cc1. The molecule has 2 aliphatic heterocycles. The van der Waals surface area contributed by atoms with Gasteiger partial charge >= 0.3 is 0 Å². The Morgan fingerprint density at radius 2 is 1.88 bits per heavy atom. The summed E-state index contributed by atoms with van der Waals surface area (Å²) in [6.07, 6.45) is 4.55. The molecule has 1 aromatic rings. The van der Waals surface area contributed by atoms with Gasteiger partial charge in [-0.25, -0.2) is 0 Å². The number of nitrogens with zero attached hydrogens (tertiary/aromatic N) is 1. The zero-order chi connectivity index (χ0) is 16.8. The number of hydrogen-bond donors (Lipinski definition) is 2. The molecule has 3 rings (SSSR count). The summed E-state index contributed by atoms with van der Waals surface area (Å²) >= 11 is 0. The molecule has 1 aromatic carbocycles. The van der Waals surface area contributed by atoms with Gasteiger partial charge in [0, 0.05) is 37.5 Å². The van der Waals surface area contributed by atoms with Crippen molar-refractivity contribution in [2.75, 3.05) is 38.1 Å². The van der Waals surface area contributed by atoms with E-state index in [9.17, 15) is 9.59 Å². The molecule has 1 atom stereocenters. The zero-order valence-electron chi connectivity index (χ0n) is 13.9. The number of nitrogens with one attached hydrogen (secondary N) is 2. The second-order valence-electron chi connectivity index (χ2n) is 6.39. The predicted octanol–water partition coefficient (Wildman–Crippen LogP) is 1.63. The van der Waals surface area contributed by atoms with E-state index in [2.05, 4.69) is 10.6 Å². The van der Waals surface area contributed by atoms with Crippen LogP contribution in [0.2, 0.25) is 0 Å². The van der Waals surface area contributed by atoms with Crippen LogP contribution in [0.5, 0.6) is 0 Å². The van der Waals surface area contributed by atoms with Crippen LogP contribution < -0.4 is 10.6 Å². The minimum absolute atomic E-state index is 0.0728. The third-order valence-electron chi connectivity index (χ3n) is 4.49. The van der Waals surface area contributed by atoms with Crippen LogP contribution in [0.3, 0.4) is 0 Å². The molecule has 2 aliphatic rings. The zero-order valence-corrected chi connectivity index (χ0v) is 13.9. The summed E-state index contributed by atoms with van der Waals surface area (Å²) < 4.78 is 5.50. The fourth-order valence-electron chi connectivity index (χ4n) is 3.16. The minimum Gasteiger partial charge on any atom is -0.377 e. The van der Waals surface area contributed by atoms with E-state index in [4.69, 9.17) is 4.74 Å². The molecule has 2 heterocycles. The monoisotopic (exact) mass is 331 g/mol. The van der Waals surface area contributed by atoms with Crippen LogP contribution in [0.4, 0.5) is 5.69 Å². The molecule has 0 spiro atoms. The van der Waals surface area contributed by atoms with Crippen molar-refractivity contribution in [1.82, 2.24) is 10.2 Å². The van der Waals surface area contributed by atoms with E-state index in [0.29, 0.717) is 17.8 Å². The van der Waals surface area contributed by atoms with E-state index >= 15 is 0 Å². The Bertz CT molecular complexity index is 561. The van der Waals surface area contributed by atoms with Gasteiger partial charge in [-0.1, -0.05) is 0 Å². The van der Waals surface area contributed by atoms with Crippen molar-refractivity contribution in [1.29, 1.82) is 0 Å². The highest BCUT2D eigenvalue weighted by atomic mass is 16.5. The van der Waals surface area contributed by atoms with Gasteiger partial charge in [-0.15, -0.1) is 0 Å². The number of anilines is 1.